The summed E-state index contributed by atoms with van der Waals surface area (Å²) in [6.07, 6.45) is 4.00. The summed E-state index contributed by atoms with van der Waals surface area (Å²) in [6.45, 7) is 2.16. The largest absolute Gasteiger partial charge is 0.497 e. The number of nitrogens with zero attached hydrogens (tertiary/aromatic N) is 1. The second-order valence-corrected chi connectivity index (χ2v) is 9.73. The van der Waals surface area contributed by atoms with Crippen molar-refractivity contribution >= 4 is 11.8 Å². The maximum atomic E-state index is 15.5. The van der Waals surface area contributed by atoms with Crippen LogP contribution in [-0.2, 0) is 16.1 Å². The van der Waals surface area contributed by atoms with E-state index in [2.05, 4.69) is 10.3 Å². The van der Waals surface area contributed by atoms with Crippen LogP contribution in [0.4, 0.5) is 19.0 Å². The van der Waals surface area contributed by atoms with Gasteiger partial charge in [0.2, 0.25) is 5.92 Å². The molecule has 2 fully saturated rings. The molecule has 2 aliphatic carbocycles. The molecule has 2 saturated carbocycles. The summed E-state index contributed by atoms with van der Waals surface area (Å²) in [5, 5.41) is 12.8. The number of ether oxygens (including phenoxy) is 3. The van der Waals surface area contributed by atoms with Crippen LogP contribution in [0.2, 0.25) is 0 Å². The van der Waals surface area contributed by atoms with Gasteiger partial charge in [-0.25, -0.2) is 22.9 Å². The van der Waals surface area contributed by atoms with E-state index in [1.807, 2.05) is 0 Å². The maximum absolute atomic E-state index is 15.5. The number of hydrogen-bond acceptors (Lipinski definition) is 6. The molecule has 0 bridgehead atoms. The van der Waals surface area contributed by atoms with E-state index in [4.69, 9.17) is 14.2 Å². The summed E-state index contributed by atoms with van der Waals surface area (Å²) in [5.41, 5.74) is -0.332. The van der Waals surface area contributed by atoms with Crippen molar-refractivity contribution in [2.45, 2.75) is 82.5 Å². The second-order valence-electron chi connectivity index (χ2n) is 9.73. The molecule has 202 valence electrons. The van der Waals surface area contributed by atoms with Crippen molar-refractivity contribution in [3.63, 3.8) is 0 Å². The van der Waals surface area contributed by atoms with Crippen LogP contribution in [0.3, 0.4) is 0 Å². The molecule has 37 heavy (non-hydrogen) atoms. The molecule has 2 N–H and O–H groups in total. The average Bonchev–Trinajstić information content (AvgIpc) is 3.39. The summed E-state index contributed by atoms with van der Waals surface area (Å²) in [5.74, 6) is -4.04. The zero-order valence-electron chi connectivity index (χ0n) is 21.1. The van der Waals surface area contributed by atoms with E-state index in [0.29, 0.717) is 16.9 Å². The molecule has 0 atom stereocenters. The number of hydrogen-bond donors (Lipinski definition) is 2. The van der Waals surface area contributed by atoms with Crippen molar-refractivity contribution in [2.24, 2.45) is 0 Å². The quantitative estimate of drug-likeness (QED) is 0.384. The maximum Gasteiger partial charge on any atom is 0.329 e. The van der Waals surface area contributed by atoms with Crippen LogP contribution >= 0.6 is 0 Å². The van der Waals surface area contributed by atoms with E-state index in [9.17, 15) is 18.7 Å². The van der Waals surface area contributed by atoms with E-state index in [1.165, 1.54) is 19.4 Å². The van der Waals surface area contributed by atoms with Gasteiger partial charge in [-0.1, -0.05) is 12.8 Å². The number of aromatic nitrogens is 1. The summed E-state index contributed by atoms with van der Waals surface area (Å²) >= 11 is 0. The highest BCUT2D eigenvalue weighted by Gasteiger charge is 2.48. The van der Waals surface area contributed by atoms with Gasteiger partial charge in [-0.3, -0.25) is 0 Å². The lowest BCUT2D eigenvalue weighted by Gasteiger charge is -2.37. The first-order chi connectivity index (χ1) is 17.7. The van der Waals surface area contributed by atoms with Crippen molar-refractivity contribution in [3.8, 4) is 22.6 Å². The number of alkyl halides is 2. The van der Waals surface area contributed by atoms with Gasteiger partial charge < -0.3 is 24.6 Å². The summed E-state index contributed by atoms with van der Waals surface area (Å²) in [7, 11) is 1.47. The van der Waals surface area contributed by atoms with Crippen molar-refractivity contribution in [1.82, 2.24) is 4.98 Å². The molecule has 4 rings (SSSR count). The fourth-order valence-corrected chi connectivity index (χ4v) is 5.02. The highest BCUT2D eigenvalue weighted by atomic mass is 19.3. The summed E-state index contributed by atoms with van der Waals surface area (Å²) < 4.78 is 60.0. The Morgan fingerprint density at radius 1 is 1.14 bits per heavy atom. The number of rotatable bonds is 10. The fourth-order valence-electron chi connectivity index (χ4n) is 5.02. The highest BCUT2D eigenvalue weighted by molar-refractivity contribution is 5.83. The molecule has 0 unspecified atom stereocenters. The minimum Gasteiger partial charge on any atom is -0.497 e. The molecule has 1 aromatic heterocycles. The number of methoxy groups -OCH3 is 1. The van der Waals surface area contributed by atoms with E-state index >= 15 is 4.39 Å². The average molecular weight is 523 g/mol. The molecule has 0 radical (unpaired) electrons. The highest BCUT2D eigenvalue weighted by Crippen LogP contribution is 2.41. The van der Waals surface area contributed by atoms with Crippen LogP contribution in [-0.4, -0.2) is 47.3 Å². The Balaban J connectivity index is 1.71. The minimum atomic E-state index is -2.89. The van der Waals surface area contributed by atoms with Crippen LogP contribution in [0.1, 0.15) is 63.9 Å². The van der Waals surface area contributed by atoms with Crippen molar-refractivity contribution < 1.29 is 37.3 Å². The fraction of sp³-hybridized carbons (Fsp3) is 0.556. The lowest BCUT2D eigenvalue weighted by molar-refractivity contribution is -0.146. The smallest absolute Gasteiger partial charge is 0.329 e. The first-order valence-corrected chi connectivity index (χ1v) is 12.7. The number of anilines is 1. The lowest BCUT2D eigenvalue weighted by Crippen LogP contribution is -2.51. The number of aliphatic carboxylic acids is 1. The number of carboxylic acids is 1. The molecule has 0 aliphatic heterocycles. The topological polar surface area (TPSA) is 89.9 Å². The van der Waals surface area contributed by atoms with Crippen molar-refractivity contribution in [2.75, 3.05) is 19.0 Å². The summed E-state index contributed by atoms with van der Waals surface area (Å²) in [6, 6.07) is 4.62. The number of benzene rings is 1. The zero-order chi connectivity index (χ0) is 26.6. The summed E-state index contributed by atoms with van der Waals surface area (Å²) in [4.78, 5) is 16.5. The number of nitrogens with one attached hydrogen (secondary N) is 1. The van der Waals surface area contributed by atoms with E-state index in [0.717, 1.165) is 25.7 Å². The second kappa shape index (κ2) is 11.2. The molecular weight excluding hydrogens is 489 g/mol. The van der Waals surface area contributed by atoms with Crippen LogP contribution in [0.15, 0.2) is 24.4 Å². The molecule has 1 heterocycles. The molecule has 0 spiro atoms. The van der Waals surface area contributed by atoms with Gasteiger partial charge in [0.15, 0.2) is 11.6 Å². The van der Waals surface area contributed by atoms with Crippen molar-refractivity contribution in [1.29, 1.82) is 0 Å². The van der Waals surface area contributed by atoms with Gasteiger partial charge in [-0.05, 0) is 50.3 Å². The predicted octanol–water partition coefficient (Wildman–Crippen LogP) is 6.20. The Hall–Kier alpha value is -3.01. The third-order valence-corrected chi connectivity index (χ3v) is 7.22. The molecular formula is C27H33F3N2O5. The van der Waals surface area contributed by atoms with Gasteiger partial charge in [-0.2, -0.15) is 0 Å². The molecule has 10 heteroatoms. The number of carbonyl (C=O) groups is 1. The van der Waals surface area contributed by atoms with Gasteiger partial charge in [-0.15, -0.1) is 0 Å². The van der Waals surface area contributed by atoms with Crippen molar-refractivity contribution in [3.05, 3.63) is 35.8 Å². The third-order valence-electron chi connectivity index (χ3n) is 7.22. The van der Waals surface area contributed by atoms with Gasteiger partial charge in [0.1, 0.15) is 17.1 Å². The number of carboxylic acid groups (broad SMARTS) is 1. The number of pyridine rings is 1. The first-order valence-electron chi connectivity index (χ1n) is 12.7. The lowest BCUT2D eigenvalue weighted by atomic mass is 9.79. The monoisotopic (exact) mass is 522 g/mol. The molecule has 7 nitrogen and oxygen atoms in total. The van der Waals surface area contributed by atoms with Gasteiger partial charge in [0.05, 0.1) is 26.4 Å². The third kappa shape index (κ3) is 6.11. The van der Waals surface area contributed by atoms with Gasteiger partial charge >= 0.3 is 5.97 Å². The Kier molecular flexibility index (Phi) is 8.16. The normalized spacial score (nSPS) is 18.9. The van der Waals surface area contributed by atoms with E-state index in [1.54, 1.807) is 19.1 Å². The molecule has 2 aromatic rings. The first kappa shape index (κ1) is 27.0. The van der Waals surface area contributed by atoms with E-state index < -0.39 is 36.1 Å². The Morgan fingerprint density at radius 3 is 2.46 bits per heavy atom. The van der Waals surface area contributed by atoms with Crippen LogP contribution in [0.5, 0.6) is 11.5 Å². The molecule has 0 amide bonds. The molecule has 2 aliphatic rings. The van der Waals surface area contributed by atoms with E-state index in [-0.39, 0.29) is 49.3 Å². The van der Waals surface area contributed by atoms with Gasteiger partial charge in [0.25, 0.3) is 0 Å². The van der Waals surface area contributed by atoms with Crippen LogP contribution < -0.4 is 14.8 Å². The number of halogens is 3. The minimum absolute atomic E-state index is 0.0367. The van der Waals surface area contributed by atoms with Crippen LogP contribution in [0.25, 0.3) is 11.1 Å². The SMILES string of the molecule is CCOc1cc(OC)cc(-c2cnc(NC3(C(=O)O)CCC(F)(F)CC3)cc2COC2CCCC2)c1F. The molecule has 1 aromatic carbocycles. The standard InChI is InChI=1S/C27H33F3N2O5/c1-3-36-22-14-19(35-2)13-20(24(22)28)21-15-31-23(12-17(21)16-37-18-6-4-5-7-18)32-26(25(33)34)8-10-27(29,30)11-9-26/h12-15,18H,3-11,16H2,1-2H3,(H,31,32)(H,33,34). The predicted molar refractivity (Wildman–Crippen MR) is 132 cm³/mol. The molecule has 0 saturated heterocycles. The zero-order valence-corrected chi connectivity index (χ0v) is 21.1. The Labute approximate surface area is 214 Å². The van der Waals surface area contributed by atoms with Crippen LogP contribution in [0, 0.1) is 5.82 Å². The Bertz CT molecular complexity index is 1110. The Morgan fingerprint density at radius 2 is 1.84 bits per heavy atom. The van der Waals surface area contributed by atoms with Gasteiger partial charge in [0, 0.05) is 36.2 Å².